The molecule has 6 heteroatoms. The second-order valence-corrected chi connectivity index (χ2v) is 4.13. The lowest BCUT2D eigenvalue weighted by Crippen LogP contribution is -2.42. The molecule has 16 heavy (non-hydrogen) atoms. The monoisotopic (exact) mass is 225 g/mol. The minimum absolute atomic E-state index is 0.111. The summed E-state index contributed by atoms with van der Waals surface area (Å²) in [7, 11) is 0. The average Bonchev–Trinajstić information content (AvgIpc) is 2.17. The molecule has 0 saturated heterocycles. The van der Waals surface area contributed by atoms with Gasteiger partial charge in [0.15, 0.2) is 5.69 Å². The van der Waals surface area contributed by atoms with Crippen LogP contribution in [0.3, 0.4) is 0 Å². The third-order valence-corrected chi connectivity index (χ3v) is 2.38. The maximum Gasteiger partial charge on any atom is 0.356 e. The fourth-order valence-electron chi connectivity index (χ4n) is 0.948. The Morgan fingerprint density at radius 3 is 2.44 bits per heavy atom. The van der Waals surface area contributed by atoms with E-state index < -0.39 is 17.6 Å². The van der Waals surface area contributed by atoms with E-state index in [1.807, 2.05) is 13.8 Å². The highest BCUT2D eigenvalue weighted by Gasteiger charge is 2.24. The lowest BCUT2D eigenvalue weighted by molar-refractivity contribution is 0.0689. The highest BCUT2D eigenvalue weighted by atomic mass is 16.4. The lowest BCUT2D eigenvalue weighted by Gasteiger charge is -2.29. The van der Waals surface area contributed by atoms with Crippen LogP contribution in [0.1, 0.15) is 31.3 Å². The van der Waals surface area contributed by atoms with Crippen LogP contribution in [0, 0.1) is 0 Å². The number of carboxylic acid groups (broad SMARTS) is 1. The lowest BCUT2D eigenvalue weighted by atomic mass is 9.99. The molecule has 1 aromatic heterocycles. The Morgan fingerprint density at radius 2 is 2.06 bits per heavy atom. The van der Waals surface area contributed by atoms with E-state index in [0.29, 0.717) is 5.82 Å². The van der Waals surface area contributed by atoms with Gasteiger partial charge in [-0.2, -0.15) is 0 Å². The third-order valence-electron chi connectivity index (χ3n) is 2.38. The van der Waals surface area contributed by atoms with E-state index in [1.165, 1.54) is 12.1 Å². The first-order valence-electron chi connectivity index (χ1n) is 4.86. The number of rotatable bonds is 4. The zero-order valence-corrected chi connectivity index (χ0v) is 9.43. The Hall–Kier alpha value is -1.69. The van der Waals surface area contributed by atoms with Crippen LogP contribution in [0.4, 0.5) is 5.82 Å². The van der Waals surface area contributed by atoms with Crippen LogP contribution in [-0.4, -0.2) is 38.0 Å². The molecule has 0 aliphatic rings. The second kappa shape index (κ2) is 4.44. The summed E-state index contributed by atoms with van der Waals surface area (Å²) < 4.78 is 0. The molecule has 1 atom stereocenters. The number of aromatic carboxylic acids is 1. The van der Waals surface area contributed by atoms with Crippen LogP contribution < -0.4 is 5.32 Å². The van der Waals surface area contributed by atoms with Crippen molar-refractivity contribution in [3.8, 4) is 0 Å². The molecule has 0 radical (unpaired) electrons. The van der Waals surface area contributed by atoms with Crippen LogP contribution in [0.5, 0.6) is 0 Å². The zero-order chi connectivity index (χ0) is 12.3. The maximum absolute atomic E-state index is 10.5. The van der Waals surface area contributed by atoms with Crippen LogP contribution >= 0.6 is 0 Å². The molecule has 0 aromatic carbocycles. The Balaban J connectivity index is 2.80. The van der Waals surface area contributed by atoms with Gasteiger partial charge in [0.2, 0.25) is 0 Å². The molecular weight excluding hydrogens is 210 g/mol. The van der Waals surface area contributed by atoms with Crippen molar-refractivity contribution in [1.29, 1.82) is 0 Å². The summed E-state index contributed by atoms with van der Waals surface area (Å²) in [6.45, 7) is 5.28. The maximum atomic E-state index is 10.5. The quantitative estimate of drug-likeness (QED) is 0.699. The predicted molar refractivity (Wildman–Crippen MR) is 58.4 cm³/mol. The molecule has 0 aliphatic heterocycles. The summed E-state index contributed by atoms with van der Waals surface area (Å²) >= 11 is 0. The van der Waals surface area contributed by atoms with E-state index in [0.717, 1.165) is 0 Å². The third kappa shape index (κ3) is 2.90. The van der Waals surface area contributed by atoms with Gasteiger partial charge in [-0.05, 0) is 32.9 Å². The Kier molecular flexibility index (Phi) is 3.44. The molecule has 1 aromatic rings. The second-order valence-electron chi connectivity index (χ2n) is 4.13. The smallest absolute Gasteiger partial charge is 0.356 e. The molecule has 0 saturated carbocycles. The van der Waals surface area contributed by atoms with Gasteiger partial charge in [-0.25, -0.2) is 4.79 Å². The number of aromatic nitrogens is 2. The van der Waals surface area contributed by atoms with Gasteiger partial charge in [0.05, 0.1) is 11.6 Å². The van der Waals surface area contributed by atoms with Crippen molar-refractivity contribution in [2.75, 3.05) is 5.32 Å². The first-order valence-corrected chi connectivity index (χ1v) is 4.86. The van der Waals surface area contributed by atoms with Crippen molar-refractivity contribution < 1.29 is 15.0 Å². The summed E-state index contributed by atoms with van der Waals surface area (Å²) in [5.74, 6) is -0.690. The van der Waals surface area contributed by atoms with Gasteiger partial charge >= 0.3 is 5.97 Å². The molecule has 0 spiro atoms. The van der Waals surface area contributed by atoms with Crippen LogP contribution in [0.15, 0.2) is 12.1 Å². The van der Waals surface area contributed by atoms with Gasteiger partial charge in [-0.15, -0.1) is 10.2 Å². The number of nitrogens with zero attached hydrogens (tertiary/aromatic N) is 2. The number of carbonyl (C=O) groups is 1. The SMILES string of the molecule is CC(O)C(C)(C)Nc1ccc(C(=O)O)nn1. The predicted octanol–water partition coefficient (Wildman–Crippen LogP) is 0.746. The molecule has 0 fully saturated rings. The minimum atomic E-state index is -1.12. The minimum Gasteiger partial charge on any atom is -0.476 e. The number of carboxylic acids is 1. The van der Waals surface area contributed by atoms with E-state index in [9.17, 15) is 9.90 Å². The van der Waals surface area contributed by atoms with Crippen LogP contribution in [0.2, 0.25) is 0 Å². The number of nitrogens with one attached hydrogen (secondary N) is 1. The van der Waals surface area contributed by atoms with E-state index in [4.69, 9.17) is 5.11 Å². The van der Waals surface area contributed by atoms with Crippen LogP contribution in [0.25, 0.3) is 0 Å². The first-order chi connectivity index (χ1) is 7.33. The fraction of sp³-hybridized carbons (Fsp3) is 0.500. The van der Waals surface area contributed by atoms with E-state index in [2.05, 4.69) is 15.5 Å². The summed E-state index contributed by atoms with van der Waals surface area (Å²) in [6.07, 6.45) is -0.576. The van der Waals surface area contributed by atoms with Gasteiger partial charge in [0.1, 0.15) is 5.82 Å². The van der Waals surface area contributed by atoms with E-state index in [-0.39, 0.29) is 5.69 Å². The topological polar surface area (TPSA) is 95.3 Å². The summed E-state index contributed by atoms with van der Waals surface area (Å²) in [6, 6.07) is 2.87. The Morgan fingerprint density at radius 1 is 1.44 bits per heavy atom. The molecular formula is C10H15N3O3. The van der Waals surface area contributed by atoms with Crippen molar-refractivity contribution in [3.63, 3.8) is 0 Å². The van der Waals surface area contributed by atoms with Crippen molar-refractivity contribution in [1.82, 2.24) is 10.2 Å². The van der Waals surface area contributed by atoms with E-state index >= 15 is 0 Å². The molecule has 6 nitrogen and oxygen atoms in total. The normalized spacial score (nSPS) is 13.2. The summed E-state index contributed by atoms with van der Waals surface area (Å²) in [5, 5.41) is 28.3. The average molecular weight is 225 g/mol. The molecule has 3 N–H and O–H groups in total. The van der Waals surface area contributed by atoms with Gasteiger partial charge in [-0.3, -0.25) is 0 Å². The molecule has 1 unspecified atom stereocenters. The molecule has 1 rings (SSSR count). The van der Waals surface area contributed by atoms with Crippen molar-refractivity contribution in [3.05, 3.63) is 17.8 Å². The molecule has 1 heterocycles. The molecule has 0 aliphatic carbocycles. The van der Waals surface area contributed by atoms with Crippen molar-refractivity contribution in [2.45, 2.75) is 32.4 Å². The number of aliphatic hydroxyl groups excluding tert-OH is 1. The van der Waals surface area contributed by atoms with Crippen molar-refractivity contribution in [2.24, 2.45) is 0 Å². The number of anilines is 1. The van der Waals surface area contributed by atoms with Gasteiger partial charge in [0, 0.05) is 0 Å². The Bertz CT molecular complexity index is 373. The largest absolute Gasteiger partial charge is 0.476 e. The highest BCUT2D eigenvalue weighted by molar-refractivity contribution is 5.85. The number of aliphatic hydroxyl groups is 1. The van der Waals surface area contributed by atoms with Crippen molar-refractivity contribution >= 4 is 11.8 Å². The Labute approximate surface area is 93.3 Å². The first kappa shape index (κ1) is 12.4. The summed E-state index contributed by atoms with van der Waals surface area (Å²) in [4.78, 5) is 10.5. The standard InChI is InChI=1S/C10H15N3O3/c1-6(14)10(2,3)11-8-5-4-7(9(15)16)12-13-8/h4-6,14H,1-3H3,(H,11,13)(H,15,16). The molecule has 88 valence electrons. The van der Waals surface area contributed by atoms with Crippen LogP contribution in [-0.2, 0) is 0 Å². The number of hydrogen-bond donors (Lipinski definition) is 3. The molecule has 0 amide bonds. The molecule has 0 bridgehead atoms. The van der Waals surface area contributed by atoms with Gasteiger partial charge in [-0.1, -0.05) is 0 Å². The fourth-order valence-corrected chi connectivity index (χ4v) is 0.948. The van der Waals surface area contributed by atoms with Gasteiger partial charge in [0.25, 0.3) is 0 Å². The summed E-state index contributed by atoms with van der Waals surface area (Å²) in [5.41, 5.74) is -0.667. The number of hydrogen-bond acceptors (Lipinski definition) is 5. The van der Waals surface area contributed by atoms with E-state index in [1.54, 1.807) is 6.92 Å². The highest BCUT2D eigenvalue weighted by Crippen LogP contribution is 2.15. The zero-order valence-electron chi connectivity index (χ0n) is 9.43. The van der Waals surface area contributed by atoms with Gasteiger partial charge < -0.3 is 15.5 Å².